The summed E-state index contributed by atoms with van der Waals surface area (Å²) in [5, 5.41) is -0.267. The number of hydrogen-bond acceptors (Lipinski definition) is 4. The van der Waals surface area contributed by atoms with Crippen LogP contribution in [0, 0.1) is 11.3 Å². The molecule has 0 unspecified atom stereocenters. The van der Waals surface area contributed by atoms with Crippen LogP contribution in [0.3, 0.4) is 0 Å². The van der Waals surface area contributed by atoms with Crippen molar-refractivity contribution in [3.63, 3.8) is 0 Å². The van der Waals surface area contributed by atoms with Crippen molar-refractivity contribution in [3.05, 3.63) is 0 Å². The van der Waals surface area contributed by atoms with Crippen molar-refractivity contribution in [1.29, 1.82) is 0 Å². The summed E-state index contributed by atoms with van der Waals surface area (Å²) >= 11 is 0. The van der Waals surface area contributed by atoms with Crippen LogP contribution in [-0.2, 0) is 19.6 Å². The average molecular weight is 357 g/mol. The van der Waals surface area contributed by atoms with E-state index in [0.29, 0.717) is 39.1 Å². The van der Waals surface area contributed by atoms with Crippen molar-refractivity contribution in [1.82, 2.24) is 14.1 Å². The molecule has 0 radical (unpaired) electrons. The van der Waals surface area contributed by atoms with Gasteiger partial charge in [-0.1, -0.05) is 13.8 Å². The van der Waals surface area contributed by atoms with Crippen LogP contribution in [0.25, 0.3) is 0 Å². The van der Waals surface area contributed by atoms with Crippen molar-refractivity contribution in [2.45, 2.75) is 38.4 Å². The largest absolute Gasteiger partial charge is 0.345 e. The van der Waals surface area contributed by atoms with Crippen molar-refractivity contribution in [2.75, 3.05) is 39.8 Å². The average Bonchev–Trinajstić information content (AvgIpc) is 3.30. The van der Waals surface area contributed by atoms with E-state index in [4.69, 9.17) is 0 Å². The summed E-state index contributed by atoms with van der Waals surface area (Å²) in [6.45, 7) is 5.74. The Morgan fingerprint density at radius 2 is 1.83 bits per heavy atom. The van der Waals surface area contributed by atoms with Gasteiger partial charge in [-0.15, -0.1) is 0 Å². The van der Waals surface area contributed by atoms with E-state index in [-0.39, 0.29) is 23.0 Å². The minimum absolute atomic E-state index is 0.0256. The second kappa shape index (κ2) is 5.98. The highest BCUT2D eigenvalue weighted by Gasteiger charge is 2.50. The maximum Gasteiger partial charge on any atom is 0.225 e. The predicted molar refractivity (Wildman–Crippen MR) is 89.6 cm³/mol. The monoisotopic (exact) mass is 357 g/mol. The Morgan fingerprint density at radius 3 is 2.33 bits per heavy atom. The maximum atomic E-state index is 12.7. The Balaban J connectivity index is 1.89. The first kappa shape index (κ1) is 17.7. The molecule has 2 heterocycles. The Labute approximate surface area is 144 Å². The van der Waals surface area contributed by atoms with E-state index >= 15 is 0 Å². The molecule has 2 saturated heterocycles. The summed E-state index contributed by atoms with van der Waals surface area (Å²) in [6.07, 6.45) is 1.75. The number of hydrogen-bond donors (Lipinski definition) is 0. The number of amides is 2. The lowest BCUT2D eigenvalue weighted by Crippen LogP contribution is -2.46. The summed E-state index contributed by atoms with van der Waals surface area (Å²) in [7, 11) is -1.57. The highest BCUT2D eigenvalue weighted by molar-refractivity contribution is 7.90. The predicted octanol–water partition coefficient (Wildman–Crippen LogP) is 0.127. The molecule has 136 valence electrons. The van der Waals surface area contributed by atoms with Crippen LogP contribution >= 0.6 is 0 Å². The Bertz CT molecular complexity index is 644. The third-order valence-corrected chi connectivity index (χ3v) is 7.64. The number of carbonyl (C=O) groups is 2. The number of carbonyl (C=O) groups excluding carboxylic acids is 2. The topological polar surface area (TPSA) is 78.0 Å². The van der Waals surface area contributed by atoms with E-state index in [1.807, 2.05) is 13.8 Å². The zero-order valence-corrected chi connectivity index (χ0v) is 15.5. The van der Waals surface area contributed by atoms with E-state index in [0.717, 1.165) is 12.8 Å². The summed E-state index contributed by atoms with van der Waals surface area (Å²) < 4.78 is 27.0. The van der Waals surface area contributed by atoms with Crippen LogP contribution in [0.5, 0.6) is 0 Å². The summed E-state index contributed by atoms with van der Waals surface area (Å²) in [5.74, 6) is -0.0804. The first-order valence-electron chi connectivity index (χ1n) is 8.66. The van der Waals surface area contributed by atoms with Gasteiger partial charge in [-0.2, -0.15) is 4.31 Å². The van der Waals surface area contributed by atoms with Crippen LogP contribution in [0.2, 0.25) is 0 Å². The van der Waals surface area contributed by atoms with Gasteiger partial charge in [0.1, 0.15) is 0 Å². The number of likely N-dealkylation sites (tertiary alicyclic amines) is 1. The van der Waals surface area contributed by atoms with Crippen LogP contribution in [0.4, 0.5) is 0 Å². The fourth-order valence-electron chi connectivity index (χ4n) is 3.88. The molecule has 1 atom stereocenters. The quantitative estimate of drug-likeness (QED) is 0.719. The normalized spacial score (nSPS) is 29.6. The fourth-order valence-corrected chi connectivity index (χ4v) is 5.82. The van der Waals surface area contributed by atoms with Gasteiger partial charge in [-0.3, -0.25) is 9.59 Å². The number of sulfonamides is 1. The molecule has 0 aromatic rings. The minimum Gasteiger partial charge on any atom is -0.345 e. The van der Waals surface area contributed by atoms with E-state index in [1.165, 1.54) is 0 Å². The lowest BCUT2D eigenvalue weighted by atomic mass is 9.86. The molecular formula is C16H27N3O4S. The molecule has 1 aliphatic carbocycles. The summed E-state index contributed by atoms with van der Waals surface area (Å²) in [5.41, 5.74) is -0.491. The van der Waals surface area contributed by atoms with Gasteiger partial charge in [-0.25, -0.2) is 8.42 Å². The van der Waals surface area contributed by atoms with E-state index < -0.39 is 15.4 Å². The smallest absolute Gasteiger partial charge is 0.225 e. The van der Waals surface area contributed by atoms with E-state index in [2.05, 4.69) is 0 Å². The molecule has 0 bridgehead atoms. The minimum atomic E-state index is -3.31. The molecule has 3 aliphatic rings. The van der Waals surface area contributed by atoms with Crippen molar-refractivity contribution >= 4 is 21.8 Å². The third kappa shape index (κ3) is 3.18. The van der Waals surface area contributed by atoms with Gasteiger partial charge in [-0.05, 0) is 12.8 Å². The first-order chi connectivity index (χ1) is 11.1. The molecule has 2 amide bonds. The van der Waals surface area contributed by atoms with Gasteiger partial charge in [0.15, 0.2) is 0 Å². The molecule has 2 aliphatic heterocycles. The third-order valence-electron chi connectivity index (χ3n) is 5.29. The second-order valence-corrected chi connectivity index (χ2v) is 10.1. The fraction of sp³-hybridized carbons (Fsp3) is 0.875. The SMILES string of the molecule is CC(C)C(=O)N1CCN(S(=O)(=O)C2CC2)C[C@@]2(CC(=O)N(C)C2)C1. The molecule has 1 saturated carbocycles. The van der Waals surface area contributed by atoms with E-state index in [9.17, 15) is 18.0 Å². The molecule has 24 heavy (non-hydrogen) atoms. The molecule has 7 nitrogen and oxygen atoms in total. The lowest BCUT2D eigenvalue weighted by molar-refractivity contribution is -0.135. The van der Waals surface area contributed by atoms with Gasteiger partial charge in [0.05, 0.1) is 5.25 Å². The van der Waals surface area contributed by atoms with E-state index in [1.54, 1.807) is 21.2 Å². The van der Waals surface area contributed by atoms with Gasteiger partial charge in [0, 0.05) is 57.5 Å². The zero-order valence-electron chi connectivity index (χ0n) is 14.7. The Morgan fingerprint density at radius 1 is 1.17 bits per heavy atom. The Kier molecular flexibility index (Phi) is 4.40. The van der Waals surface area contributed by atoms with Gasteiger partial charge in [0.2, 0.25) is 21.8 Å². The molecule has 3 rings (SSSR count). The van der Waals surface area contributed by atoms with Crippen LogP contribution < -0.4 is 0 Å². The van der Waals surface area contributed by atoms with Crippen molar-refractivity contribution < 1.29 is 18.0 Å². The first-order valence-corrected chi connectivity index (χ1v) is 10.2. The van der Waals surface area contributed by atoms with Gasteiger partial charge >= 0.3 is 0 Å². The van der Waals surface area contributed by atoms with Crippen LogP contribution in [0.15, 0.2) is 0 Å². The van der Waals surface area contributed by atoms with Gasteiger partial charge < -0.3 is 9.80 Å². The Hall–Kier alpha value is -1.15. The molecule has 3 fully saturated rings. The molecular weight excluding hydrogens is 330 g/mol. The summed E-state index contributed by atoms with van der Waals surface area (Å²) in [4.78, 5) is 28.1. The zero-order chi connectivity index (χ0) is 17.7. The van der Waals surface area contributed by atoms with Crippen molar-refractivity contribution in [2.24, 2.45) is 11.3 Å². The lowest BCUT2D eigenvalue weighted by Gasteiger charge is -2.33. The van der Waals surface area contributed by atoms with Gasteiger partial charge in [0.25, 0.3) is 0 Å². The summed E-state index contributed by atoms with van der Waals surface area (Å²) in [6, 6.07) is 0. The number of nitrogens with zero attached hydrogens (tertiary/aromatic N) is 3. The highest BCUT2D eigenvalue weighted by Crippen LogP contribution is 2.38. The standard InChI is InChI=1S/C16H27N3O4S/c1-12(2)15(21)18-6-7-19(24(22,23)13-4-5-13)11-16(10-18)8-14(20)17(3)9-16/h12-13H,4-11H2,1-3H3/t16-/m1/s1. The molecule has 1 spiro atoms. The molecule has 0 aromatic carbocycles. The van der Waals surface area contributed by atoms with Crippen molar-refractivity contribution in [3.8, 4) is 0 Å². The van der Waals surface area contributed by atoms with Crippen LogP contribution in [-0.4, -0.2) is 79.4 Å². The van der Waals surface area contributed by atoms with Crippen LogP contribution in [0.1, 0.15) is 33.1 Å². The number of rotatable bonds is 3. The highest BCUT2D eigenvalue weighted by atomic mass is 32.2. The molecule has 8 heteroatoms. The molecule has 0 aromatic heterocycles. The second-order valence-electron chi connectivity index (χ2n) is 7.92. The maximum absolute atomic E-state index is 12.7. The molecule has 0 N–H and O–H groups in total.